The molecule has 2 saturated heterocycles. The number of fused-ring (bicyclic) bond motifs is 1. The van der Waals surface area contributed by atoms with E-state index in [0.29, 0.717) is 38.1 Å². The highest BCUT2D eigenvalue weighted by Crippen LogP contribution is 2.32. The number of benzene rings is 1. The fraction of sp³-hybridized carbons (Fsp3) is 0.611. The van der Waals surface area contributed by atoms with Crippen LogP contribution >= 0.6 is 0 Å². The molecule has 2 atom stereocenters. The number of amides is 1. The molecule has 28 heavy (non-hydrogen) atoms. The number of likely N-dealkylation sites (tertiary alicyclic amines) is 1. The Bertz CT molecular complexity index is 840. The molecule has 3 rings (SSSR count). The smallest absolute Gasteiger partial charge is 0.281 e. The minimum Gasteiger partial charge on any atom is -0.339 e. The second-order valence-electron chi connectivity index (χ2n) is 7.52. The lowest BCUT2D eigenvalue weighted by atomic mass is 9.84. The van der Waals surface area contributed by atoms with Gasteiger partial charge in [0.25, 0.3) is 10.2 Å². The second-order valence-corrected chi connectivity index (χ2v) is 9.66. The molecule has 0 saturated carbocycles. The van der Waals surface area contributed by atoms with E-state index in [0.717, 1.165) is 6.42 Å². The molecule has 2 heterocycles. The largest absolute Gasteiger partial charge is 0.339 e. The Hall–Kier alpha value is -1.65. The number of carbonyl (C=O) groups excluding carboxylic acids is 1. The van der Waals surface area contributed by atoms with Gasteiger partial charge in [0.1, 0.15) is 17.5 Å². The first kappa shape index (κ1) is 21.1. The molecule has 0 aliphatic carbocycles. The van der Waals surface area contributed by atoms with Gasteiger partial charge in [0.2, 0.25) is 5.91 Å². The third kappa shape index (κ3) is 4.04. The molecule has 2 aliphatic rings. The van der Waals surface area contributed by atoms with Crippen molar-refractivity contribution in [3.63, 3.8) is 0 Å². The highest BCUT2D eigenvalue weighted by atomic mass is 32.2. The molecule has 1 aromatic rings. The topological polar surface area (TPSA) is 60.9 Å². The summed E-state index contributed by atoms with van der Waals surface area (Å²) in [6.07, 6.45) is 1.46. The minimum absolute atomic E-state index is 0.0240. The van der Waals surface area contributed by atoms with Gasteiger partial charge in [-0.1, -0.05) is 0 Å². The number of hydrogen-bond acceptors (Lipinski definition) is 3. The fourth-order valence-corrected chi connectivity index (χ4v) is 5.29. The van der Waals surface area contributed by atoms with Gasteiger partial charge in [0.05, 0.1) is 6.42 Å². The van der Waals surface area contributed by atoms with Crippen LogP contribution in [-0.4, -0.2) is 67.6 Å². The van der Waals surface area contributed by atoms with Crippen LogP contribution in [0.5, 0.6) is 0 Å². The maximum atomic E-state index is 13.9. The van der Waals surface area contributed by atoms with Crippen molar-refractivity contribution in [2.24, 2.45) is 5.92 Å². The van der Waals surface area contributed by atoms with Crippen LogP contribution in [0, 0.1) is 23.4 Å². The molecule has 10 heteroatoms. The van der Waals surface area contributed by atoms with Crippen molar-refractivity contribution in [3.05, 3.63) is 35.1 Å². The van der Waals surface area contributed by atoms with Gasteiger partial charge in [-0.3, -0.25) is 4.79 Å². The zero-order valence-electron chi connectivity index (χ0n) is 15.9. The van der Waals surface area contributed by atoms with Gasteiger partial charge in [-0.05, 0) is 25.2 Å². The van der Waals surface area contributed by atoms with Crippen molar-refractivity contribution in [2.75, 3.05) is 33.7 Å². The summed E-state index contributed by atoms with van der Waals surface area (Å²) in [5.41, 5.74) is -0.443. The number of halogens is 3. The summed E-state index contributed by atoms with van der Waals surface area (Å²) in [6, 6.07) is 0.964. The first-order valence-corrected chi connectivity index (χ1v) is 10.6. The average Bonchev–Trinajstić information content (AvgIpc) is 2.63. The van der Waals surface area contributed by atoms with Crippen molar-refractivity contribution in [3.8, 4) is 0 Å². The monoisotopic (exact) mass is 419 g/mol. The summed E-state index contributed by atoms with van der Waals surface area (Å²) < 4.78 is 68.2. The van der Waals surface area contributed by atoms with Crippen LogP contribution in [0.2, 0.25) is 0 Å². The van der Waals surface area contributed by atoms with Crippen molar-refractivity contribution >= 4 is 16.1 Å². The van der Waals surface area contributed by atoms with Gasteiger partial charge in [-0.15, -0.1) is 0 Å². The predicted molar refractivity (Wildman–Crippen MR) is 97.0 cm³/mol. The highest BCUT2D eigenvalue weighted by Gasteiger charge is 2.41. The van der Waals surface area contributed by atoms with E-state index in [2.05, 4.69) is 0 Å². The van der Waals surface area contributed by atoms with Crippen LogP contribution in [0.15, 0.2) is 12.1 Å². The van der Waals surface area contributed by atoms with Gasteiger partial charge in [-0.25, -0.2) is 13.2 Å². The van der Waals surface area contributed by atoms with E-state index in [1.807, 2.05) is 0 Å². The maximum absolute atomic E-state index is 13.9. The lowest BCUT2D eigenvalue weighted by molar-refractivity contribution is -0.137. The van der Waals surface area contributed by atoms with Gasteiger partial charge < -0.3 is 4.90 Å². The van der Waals surface area contributed by atoms with E-state index in [9.17, 15) is 26.4 Å². The van der Waals surface area contributed by atoms with E-state index in [-0.39, 0.29) is 18.5 Å². The van der Waals surface area contributed by atoms with Gasteiger partial charge in [0.15, 0.2) is 0 Å². The molecule has 0 aromatic heterocycles. The summed E-state index contributed by atoms with van der Waals surface area (Å²) in [6.45, 7) is 1.06. The van der Waals surface area contributed by atoms with E-state index in [1.165, 1.54) is 22.7 Å². The quantitative estimate of drug-likeness (QED) is 0.747. The molecule has 0 N–H and O–H groups in total. The Morgan fingerprint density at radius 3 is 2.39 bits per heavy atom. The normalized spacial score (nSPS) is 23.7. The molecule has 2 fully saturated rings. The van der Waals surface area contributed by atoms with Gasteiger partial charge in [0, 0.05) is 57.5 Å². The Morgan fingerprint density at radius 2 is 1.79 bits per heavy atom. The Labute approximate surface area is 163 Å². The minimum atomic E-state index is -3.52. The summed E-state index contributed by atoms with van der Waals surface area (Å²) >= 11 is 0. The van der Waals surface area contributed by atoms with Crippen molar-refractivity contribution in [1.82, 2.24) is 13.5 Å². The summed E-state index contributed by atoms with van der Waals surface area (Å²) in [4.78, 5) is 14.4. The standard InChI is InChI=1S/C18H24F3N3O3S/c1-22(2)28(26,27)23-7-5-17-12(11-23)4-3-6-24(17)18(25)10-14-15(20)8-13(19)9-16(14)21/h8-9,12,17H,3-7,10-11H2,1-2H3/t12-,17+/m1/s1. The van der Waals surface area contributed by atoms with Crippen LogP contribution in [-0.2, 0) is 21.4 Å². The number of nitrogens with zero attached hydrogens (tertiary/aromatic N) is 3. The molecule has 6 nitrogen and oxygen atoms in total. The number of hydrogen-bond donors (Lipinski definition) is 0. The lowest BCUT2D eigenvalue weighted by Crippen LogP contribution is -2.58. The summed E-state index contributed by atoms with van der Waals surface area (Å²) in [5, 5.41) is 0. The van der Waals surface area contributed by atoms with Crippen LogP contribution in [0.3, 0.4) is 0 Å². The van der Waals surface area contributed by atoms with Crippen LogP contribution in [0.1, 0.15) is 24.8 Å². The number of piperidine rings is 2. The zero-order valence-corrected chi connectivity index (χ0v) is 16.7. The van der Waals surface area contributed by atoms with Crippen molar-refractivity contribution < 1.29 is 26.4 Å². The summed E-state index contributed by atoms with van der Waals surface area (Å²) in [7, 11) is -0.571. The zero-order chi connectivity index (χ0) is 20.6. The predicted octanol–water partition coefficient (Wildman–Crippen LogP) is 1.77. The first-order valence-electron chi connectivity index (χ1n) is 9.21. The van der Waals surface area contributed by atoms with E-state index in [4.69, 9.17) is 0 Å². The molecule has 0 radical (unpaired) electrons. The van der Waals surface area contributed by atoms with Crippen LogP contribution in [0.4, 0.5) is 13.2 Å². The Morgan fingerprint density at radius 1 is 1.14 bits per heavy atom. The first-order chi connectivity index (χ1) is 13.1. The molecular formula is C18H24F3N3O3S. The third-order valence-corrected chi connectivity index (χ3v) is 7.48. The Balaban J connectivity index is 1.74. The van der Waals surface area contributed by atoms with Gasteiger partial charge in [-0.2, -0.15) is 17.0 Å². The molecule has 2 aliphatic heterocycles. The van der Waals surface area contributed by atoms with E-state index < -0.39 is 45.6 Å². The third-order valence-electron chi connectivity index (χ3n) is 5.57. The van der Waals surface area contributed by atoms with Gasteiger partial charge >= 0.3 is 0 Å². The Kier molecular flexibility index (Phi) is 6.02. The highest BCUT2D eigenvalue weighted by molar-refractivity contribution is 7.86. The van der Waals surface area contributed by atoms with E-state index in [1.54, 1.807) is 4.90 Å². The number of carbonyl (C=O) groups is 1. The molecule has 0 spiro atoms. The fourth-order valence-electron chi connectivity index (χ4n) is 4.11. The molecule has 1 amide bonds. The molecule has 1 aromatic carbocycles. The maximum Gasteiger partial charge on any atom is 0.281 e. The van der Waals surface area contributed by atoms with E-state index >= 15 is 0 Å². The molecule has 156 valence electrons. The van der Waals surface area contributed by atoms with Crippen molar-refractivity contribution in [1.29, 1.82) is 0 Å². The average molecular weight is 419 g/mol. The SMILES string of the molecule is CN(C)S(=O)(=O)N1CC[C@H]2[C@H](CCCN2C(=O)Cc2c(F)cc(F)cc2F)C1. The van der Waals surface area contributed by atoms with Crippen molar-refractivity contribution in [2.45, 2.75) is 31.7 Å². The molecular weight excluding hydrogens is 395 g/mol. The molecule has 0 unspecified atom stereocenters. The van der Waals surface area contributed by atoms with Crippen LogP contribution in [0.25, 0.3) is 0 Å². The van der Waals surface area contributed by atoms with Crippen LogP contribution < -0.4 is 0 Å². The molecule has 0 bridgehead atoms. The number of rotatable bonds is 4. The summed E-state index contributed by atoms with van der Waals surface area (Å²) in [5.74, 6) is -3.64. The lowest BCUT2D eigenvalue weighted by Gasteiger charge is -2.47. The second kappa shape index (κ2) is 8.00.